The van der Waals surface area contributed by atoms with Crippen molar-refractivity contribution in [3.63, 3.8) is 0 Å². The maximum absolute atomic E-state index is 13.9. The van der Waals surface area contributed by atoms with Gasteiger partial charge >= 0.3 is 0 Å². The summed E-state index contributed by atoms with van der Waals surface area (Å²) < 4.78 is 27.7. The van der Waals surface area contributed by atoms with Crippen molar-refractivity contribution in [2.75, 3.05) is 10.6 Å². The quantitative estimate of drug-likeness (QED) is 0.619. The third-order valence-corrected chi connectivity index (χ3v) is 3.90. The molecule has 0 fully saturated rings. The minimum atomic E-state index is -0.699. The normalized spacial score (nSPS) is 10.8. The van der Waals surface area contributed by atoms with Crippen LogP contribution < -0.4 is 10.6 Å². The van der Waals surface area contributed by atoms with Crippen LogP contribution >= 0.6 is 0 Å². The van der Waals surface area contributed by atoms with E-state index in [2.05, 4.69) is 40.5 Å². The molecule has 4 nitrogen and oxygen atoms in total. The number of aryl methyl sites for hydroxylation is 1. The molecule has 2 aromatic carbocycles. The topological polar surface area (TPSA) is 49.8 Å². The first kappa shape index (κ1) is 17.8. The third kappa shape index (κ3) is 3.96. The highest BCUT2D eigenvalue weighted by molar-refractivity contribution is 5.63. The summed E-state index contributed by atoms with van der Waals surface area (Å²) in [5.74, 6) is -0.389. The molecule has 0 bridgehead atoms. The van der Waals surface area contributed by atoms with Crippen molar-refractivity contribution in [2.45, 2.75) is 26.7 Å². The molecule has 6 heteroatoms. The fourth-order valence-corrected chi connectivity index (χ4v) is 2.67. The lowest BCUT2D eigenvalue weighted by Crippen LogP contribution is -2.05. The largest absolute Gasteiger partial charge is 0.340 e. The molecule has 3 rings (SSSR count). The highest BCUT2D eigenvalue weighted by Gasteiger charge is 2.12. The van der Waals surface area contributed by atoms with Crippen LogP contribution in [0.1, 0.15) is 31.0 Å². The van der Waals surface area contributed by atoms with Crippen molar-refractivity contribution in [3.05, 3.63) is 71.4 Å². The number of anilines is 4. The second-order valence-corrected chi connectivity index (χ2v) is 6.31. The first-order valence-electron chi connectivity index (χ1n) is 8.36. The van der Waals surface area contributed by atoms with Crippen LogP contribution in [0.15, 0.2) is 48.5 Å². The van der Waals surface area contributed by atoms with Gasteiger partial charge in [0, 0.05) is 17.4 Å². The number of nitrogens with one attached hydrogen (secondary N) is 2. The molecule has 26 heavy (non-hydrogen) atoms. The summed E-state index contributed by atoms with van der Waals surface area (Å²) in [6, 6.07) is 13.4. The second kappa shape index (κ2) is 7.47. The van der Waals surface area contributed by atoms with E-state index in [1.165, 1.54) is 18.2 Å². The van der Waals surface area contributed by atoms with Gasteiger partial charge in [-0.15, -0.1) is 0 Å². The summed E-state index contributed by atoms with van der Waals surface area (Å²) in [5, 5.41) is 5.90. The zero-order valence-corrected chi connectivity index (χ0v) is 14.8. The van der Waals surface area contributed by atoms with E-state index in [0.29, 0.717) is 17.4 Å². The molecule has 134 valence electrons. The number of para-hydroxylation sites is 2. The SMILES string of the molecule is Cc1cc(Nc2ccccc2C(C)C)nc(Nc2c(F)cccc2F)n1. The van der Waals surface area contributed by atoms with Gasteiger partial charge in [-0.2, -0.15) is 4.98 Å². The van der Waals surface area contributed by atoms with Crippen LogP contribution in [0.25, 0.3) is 0 Å². The van der Waals surface area contributed by atoms with Crippen molar-refractivity contribution in [1.29, 1.82) is 0 Å². The molecule has 0 spiro atoms. The number of halogens is 2. The van der Waals surface area contributed by atoms with Gasteiger partial charge in [0.2, 0.25) is 5.95 Å². The predicted octanol–water partition coefficient (Wildman–Crippen LogP) is 5.67. The maximum Gasteiger partial charge on any atom is 0.229 e. The van der Waals surface area contributed by atoms with Gasteiger partial charge in [0.05, 0.1) is 0 Å². The minimum absolute atomic E-state index is 0.124. The van der Waals surface area contributed by atoms with Crippen LogP contribution in [0.3, 0.4) is 0 Å². The molecule has 0 aliphatic carbocycles. The van der Waals surface area contributed by atoms with Crippen LogP contribution in [-0.2, 0) is 0 Å². The lowest BCUT2D eigenvalue weighted by Gasteiger charge is -2.15. The van der Waals surface area contributed by atoms with Crippen LogP contribution in [0.4, 0.5) is 31.9 Å². The Labute approximate surface area is 151 Å². The number of benzene rings is 2. The molecule has 0 atom stereocenters. The van der Waals surface area contributed by atoms with Crippen molar-refractivity contribution >= 4 is 23.1 Å². The first-order chi connectivity index (χ1) is 12.4. The van der Waals surface area contributed by atoms with E-state index in [1.807, 2.05) is 18.2 Å². The van der Waals surface area contributed by atoms with Crippen LogP contribution in [0.5, 0.6) is 0 Å². The van der Waals surface area contributed by atoms with E-state index in [1.54, 1.807) is 13.0 Å². The van der Waals surface area contributed by atoms with Crippen molar-refractivity contribution in [2.24, 2.45) is 0 Å². The first-order valence-corrected chi connectivity index (χ1v) is 8.36. The van der Waals surface area contributed by atoms with E-state index >= 15 is 0 Å². The Balaban J connectivity index is 1.92. The average Bonchev–Trinajstić information content (AvgIpc) is 2.58. The number of aromatic nitrogens is 2. The van der Waals surface area contributed by atoms with Crippen molar-refractivity contribution in [1.82, 2.24) is 9.97 Å². The molecular weight excluding hydrogens is 334 g/mol. The standard InChI is InChI=1S/C20H20F2N4/c1-12(2)14-7-4-5-10-17(14)24-18-11-13(3)23-20(25-18)26-19-15(21)8-6-9-16(19)22/h4-12H,1-3H3,(H2,23,24,25,26). The van der Waals surface area contributed by atoms with Gasteiger partial charge in [-0.25, -0.2) is 13.8 Å². The molecule has 0 saturated heterocycles. The Morgan fingerprint density at radius 3 is 2.27 bits per heavy atom. The lowest BCUT2D eigenvalue weighted by atomic mass is 10.0. The number of hydrogen-bond acceptors (Lipinski definition) is 4. The molecular formula is C20H20F2N4. The van der Waals surface area contributed by atoms with Gasteiger partial charge in [-0.1, -0.05) is 38.1 Å². The molecule has 1 heterocycles. The minimum Gasteiger partial charge on any atom is -0.340 e. The maximum atomic E-state index is 13.9. The Morgan fingerprint density at radius 2 is 1.58 bits per heavy atom. The number of rotatable bonds is 5. The predicted molar refractivity (Wildman–Crippen MR) is 100 cm³/mol. The highest BCUT2D eigenvalue weighted by Crippen LogP contribution is 2.27. The summed E-state index contributed by atoms with van der Waals surface area (Å²) in [5.41, 5.74) is 2.48. The van der Waals surface area contributed by atoms with Gasteiger partial charge in [-0.05, 0) is 36.6 Å². The van der Waals surface area contributed by atoms with Gasteiger partial charge in [0.1, 0.15) is 23.1 Å². The zero-order chi connectivity index (χ0) is 18.7. The summed E-state index contributed by atoms with van der Waals surface area (Å²) >= 11 is 0. The highest BCUT2D eigenvalue weighted by atomic mass is 19.1. The van der Waals surface area contributed by atoms with Gasteiger partial charge in [0.25, 0.3) is 0 Å². The van der Waals surface area contributed by atoms with Crippen LogP contribution in [-0.4, -0.2) is 9.97 Å². The number of nitrogens with zero attached hydrogens (tertiary/aromatic N) is 2. The Morgan fingerprint density at radius 1 is 0.885 bits per heavy atom. The fraction of sp³-hybridized carbons (Fsp3) is 0.200. The molecule has 0 radical (unpaired) electrons. The summed E-state index contributed by atoms with van der Waals surface area (Å²) in [6.07, 6.45) is 0. The Kier molecular flexibility index (Phi) is 5.11. The Bertz CT molecular complexity index is 905. The molecule has 1 aromatic heterocycles. The van der Waals surface area contributed by atoms with Gasteiger partial charge in [0.15, 0.2) is 0 Å². The van der Waals surface area contributed by atoms with Crippen molar-refractivity contribution < 1.29 is 8.78 Å². The van der Waals surface area contributed by atoms with Gasteiger partial charge < -0.3 is 10.6 Å². The summed E-state index contributed by atoms with van der Waals surface area (Å²) in [6.45, 7) is 6.02. The van der Waals surface area contributed by atoms with Gasteiger partial charge in [-0.3, -0.25) is 0 Å². The molecule has 0 amide bonds. The summed E-state index contributed by atoms with van der Waals surface area (Å²) in [4.78, 5) is 8.56. The monoisotopic (exact) mass is 354 g/mol. The van der Waals surface area contributed by atoms with Crippen molar-refractivity contribution in [3.8, 4) is 0 Å². The van der Waals surface area contributed by atoms with E-state index in [4.69, 9.17) is 0 Å². The molecule has 2 N–H and O–H groups in total. The van der Waals surface area contributed by atoms with Crippen LogP contribution in [0.2, 0.25) is 0 Å². The smallest absolute Gasteiger partial charge is 0.229 e. The fourth-order valence-electron chi connectivity index (χ4n) is 2.67. The van der Waals surface area contributed by atoms with E-state index in [0.717, 1.165) is 11.3 Å². The number of hydrogen-bond donors (Lipinski definition) is 2. The molecule has 0 saturated carbocycles. The zero-order valence-electron chi connectivity index (χ0n) is 14.8. The third-order valence-electron chi connectivity index (χ3n) is 3.90. The van der Waals surface area contributed by atoms with Crippen LogP contribution in [0, 0.1) is 18.6 Å². The second-order valence-electron chi connectivity index (χ2n) is 6.31. The van der Waals surface area contributed by atoms with E-state index in [9.17, 15) is 8.78 Å². The molecule has 0 aliphatic rings. The Hall–Kier alpha value is -3.02. The molecule has 0 unspecified atom stereocenters. The van der Waals surface area contributed by atoms with E-state index < -0.39 is 11.6 Å². The molecule has 3 aromatic rings. The lowest BCUT2D eigenvalue weighted by molar-refractivity contribution is 0.590. The molecule has 0 aliphatic heterocycles. The van der Waals surface area contributed by atoms with E-state index in [-0.39, 0.29) is 11.6 Å². The average molecular weight is 354 g/mol. The summed E-state index contributed by atoms with van der Waals surface area (Å²) in [7, 11) is 0.